The van der Waals surface area contributed by atoms with Gasteiger partial charge in [0, 0.05) is 32.7 Å². The van der Waals surface area contributed by atoms with Crippen molar-refractivity contribution >= 4 is 5.97 Å². The fourth-order valence-electron chi connectivity index (χ4n) is 2.93. The van der Waals surface area contributed by atoms with Gasteiger partial charge in [-0.3, -0.25) is 14.6 Å². The second-order valence-corrected chi connectivity index (χ2v) is 5.77. The Balaban J connectivity index is 1.93. The average molecular weight is 330 g/mol. The number of rotatable bonds is 5. The van der Waals surface area contributed by atoms with E-state index in [0.717, 1.165) is 6.07 Å². The molecule has 0 unspecified atom stereocenters. The number of alkyl halides is 3. The molecule has 0 amide bonds. The Labute approximate surface area is 133 Å². The second kappa shape index (κ2) is 7.31. The minimum Gasteiger partial charge on any atom is -0.480 e. The number of carboxylic acid groups (broad SMARTS) is 1. The molecular weight excluding hydrogens is 309 g/mol. The Hall–Kier alpha value is -1.60. The van der Waals surface area contributed by atoms with Crippen molar-refractivity contribution in [3.05, 3.63) is 35.4 Å². The van der Waals surface area contributed by atoms with Crippen molar-refractivity contribution in [2.75, 3.05) is 26.2 Å². The highest BCUT2D eigenvalue weighted by Gasteiger charge is 2.31. The highest BCUT2D eigenvalue weighted by Crippen LogP contribution is 2.29. The summed E-state index contributed by atoms with van der Waals surface area (Å²) in [7, 11) is 0. The quantitative estimate of drug-likeness (QED) is 0.901. The van der Waals surface area contributed by atoms with Crippen LogP contribution in [0.4, 0.5) is 13.2 Å². The smallest absolute Gasteiger partial charge is 0.416 e. The summed E-state index contributed by atoms with van der Waals surface area (Å²) in [6.07, 6.45) is -3.78. The van der Waals surface area contributed by atoms with Crippen LogP contribution in [0.15, 0.2) is 24.3 Å². The molecule has 0 bridgehead atoms. The Morgan fingerprint density at radius 3 is 2.43 bits per heavy atom. The van der Waals surface area contributed by atoms with Crippen LogP contribution in [0.5, 0.6) is 0 Å². The van der Waals surface area contributed by atoms with E-state index in [9.17, 15) is 23.1 Å². The standard InChI is InChI=1S/C16H21F3N2O2/c1-2-14(15(22)23)21-8-6-20(7-9-21)11-12-4-3-5-13(10-12)16(17,18)19/h3-5,10,14H,2,6-9,11H2,1H3,(H,22,23)/t14-/m1/s1. The summed E-state index contributed by atoms with van der Waals surface area (Å²) >= 11 is 0. The van der Waals surface area contributed by atoms with Gasteiger partial charge in [-0.15, -0.1) is 0 Å². The van der Waals surface area contributed by atoms with Crippen LogP contribution in [0.1, 0.15) is 24.5 Å². The lowest BCUT2D eigenvalue weighted by Gasteiger charge is -2.37. The van der Waals surface area contributed by atoms with Gasteiger partial charge in [0.25, 0.3) is 0 Å². The van der Waals surface area contributed by atoms with E-state index in [2.05, 4.69) is 4.90 Å². The summed E-state index contributed by atoms with van der Waals surface area (Å²) in [5, 5.41) is 9.17. The molecule has 0 aliphatic carbocycles. The van der Waals surface area contributed by atoms with Crippen LogP contribution in [-0.4, -0.2) is 53.1 Å². The Bertz CT molecular complexity index is 540. The largest absolute Gasteiger partial charge is 0.480 e. The molecule has 1 aliphatic heterocycles. The van der Waals surface area contributed by atoms with E-state index in [1.807, 2.05) is 11.8 Å². The van der Waals surface area contributed by atoms with Gasteiger partial charge < -0.3 is 5.11 Å². The number of aliphatic carboxylic acids is 1. The zero-order valence-corrected chi connectivity index (χ0v) is 13.0. The monoisotopic (exact) mass is 330 g/mol. The second-order valence-electron chi connectivity index (χ2n) is 5.77. The molecule has 128 valence electrons. The minimum absolute atomic E-state index is 0.446. The molecule has 0 aromatic heterocycles. The summed E-state index contributed by atoms with van der Waals surface area (Å²) in [5.41, 5.74) is -0.0101. The van der Waals surface area contributed by atoms with Crippen LogP contribution in [0.3, 0.4) is 0 Å². The summed E-state index contributed by atoms with van der Waals surface area (Å²) in [6, 6.07) is 4.88. The first kappa shape index (κ1) is 17.7. The van der Waals surface area contributed by atoms with E-state index >= 15 is 0 Å². The van der Waals surface area contributed by atoms with Crippen molar-refractivity contribution in [1.82, 2.24) is 9.80 Å². The molecule has 2 rings (SSSR count). The molecule has 0 saturated carbocycles. The van der Waals surface area contributed by atoms with Crippen molar-refractivity contribution in [3.8, 4) is 0 Å². The predicted octanol–water partition coefficient (Wildman–Crippen LogP) is 2.69. The zero-order valence-electron chi connectivity index (χ0n) is 13.0. The third-order valence-corrected chi connectivity index (χ3v) is 4.18. The van der Waals surface area contributed by atoms with Crippen LogP contribution in [-0.2, 0) is 17.5 Å². The molecule has 0 radical (unpaired) electrons. The molecular formula is C16H21F3N2O2. The van der Waals surface area contributed by atoms with Crippen LogP contribution < -0.4 is 0 Å². The summed E-state index contributed by atoms with van der Waals surface area (Å²) in [4.78, 5) is 15.1. The number of hydrogen-bond donors (Lipinski definition) is 1. The molecule has 1 aromatic rings. The first-order chi connectivity index (χ1) is 10.8. The number of carboxylic acids is 1. The molecule has 0 spiro atoms. The molecule has 1 aliphatic rings. The maximum Gasteiger partial charge on any atom is 0.416 e. The van der Waals surface area contributed by atoms with Crippen LogP contribution >= 0.6 is 0 Å². The van der Waals surface area contributed by atoms with Crippen molar-refractivity contribution in [1.29, 1.82) is 0 Å². The maximum atomic E-state index is 12.7. The van der Waals surface area contributed by atoms with E-state index < -0.39 is 23.8 Å². The zero-order chi connectivity index (χ0) is 17.0. The van der Waals surface area contributed by atoms with Crippen molar-refractivity contribution < 1.29 is 23.1 Å². The van der Waals surface area contributed by atoms with Gasteiger partial charge in [0.2, 0.25) is 0 Å². The fraction of sp³-hybridized carbons (Fsp3) is 0.562. The Morgan fingerprint density at radius 2 is 1.91 bits per heavy atom. The normalized spacial score (nSPS) is 18.8. The third kappa shape index (κ3) is 4.68. The van der Waals surface area contributed by atoms with Crippen molar-refractivity contribution in [2.24, 2.45) is 0 Å². The molecule has 1 heterocycles. The maximum absolute atomic E-state index is 12.7. The van der Waals surface area contributed by atoms with Crippen LogP contribution in [0.25, 0.3) is 0 Å². The van der Waals surface area contributed by atoms with Gasteiger partial charge in [0.05, 0.1) is 5.56 Å². The predicted molar refractivity (Wildman–Crippen MR) is 80.0 cm³/mol. The highest BCUT2D eigenvalue weighted by molar-refractivity contribution is 5.73. The Morgan fingerprint density at radius 1 is 1.26 bits per heavy atom. The number of carbonyl (C=O) groups is 1. The third-order valence-electron chi connectivity index (χ3n) is 4.18. The van der Waals surface area contributed by atoms with E-state index in [4.69, 9.17) is 0 Å². The number of halogens is 3. The summed E-state index contributed by atoms with van der Waals surface area (Å²) < 4.78 is 38.2. The first-order valence-electron chi connectivity index (χ1n) is 7.66. The van der Waals surface area contributed by atoms with Gasteiger partial charge >= 0.3 is 12.1 Å². The molecule has 7 heteroatoms. The fourth-order valence-corrected chi connectivity index (χ4v) is 2.93. The molecule has 4 nitrogen and oxygen atoms in total. The molecule has 1 aromatic carbocycles. The molecule has 23 heavy (non-hydrogen) atoms. The van der Waals surface area contributed by atoms with Crippen LogP contribution in [0, 0.1) is 0 Å². The first-order valence-corrected chi connectivity index (χ1v) is 7.66. The van der Waals surface area contributed by atoms with Crippen LogP contribution in [0.2, 0.25) is 0 Å². The highest BCUT2D eigenvalue weighted by atomic mass is 19.4. The summed E-state index contributed by atoms with van der Waals surface area (Å²) in [6.45, 7) is 4.82. The van der Waals surface area contributed by atoms with Gasteiger partial charge in [-0.2, -0.15) is 13.2 Å². The van der Waals surface area contributed by atoms with Gasteiger partial charge in [-0.25, -0.2) is 0 Å². The van der Waals surface area contributed by atoms with E-state index in [1.54, 1.807) is 6.07 Å². The minimum atomic E-state index is -4.33. The lowest BCUT2D eigenvalue weighted by Crippen LogP contribution is -2.52. The molecule has 1 N–H and O–H groups in total. The number of hydrogen-bond acceptors (Lipinski definition) is 3. The van der Waals surface area contributed by atoms with Gasteiger partial charge in [-0.1, -0.05) is 25.1 Å². The van der Waals surface area contributed by atoms with Gasteiger partial charge in [0.1, 0.15) is 6.04 Å². The van der Waals surface area contributed by atoms with Gasteiger partial charge in [0.15, 0.2) is 0 Å². The molecule has 1 saturated heterocycles. The van der Waals surface area contributed by atoms with E-state index in [1.165, 1.54) is 12.1 Å². The van der Waals surface area contributed by atoms with Crippen molar-refractivity contribution in [3.63, 3.8) is 0 Å². The molecule has 1 fully saturated rings. The van der Waals surface area contributed by atoms with E-state index in [0.29, 0.717) is 44.7 Å². The van der Waals surface area contributed by atoms with Gasteiger partial charge in [-0.05, 0) is 18.1 Å². The Kier molecular flexibility index (Phi) is 5.64. The lowest BCUT2D eigenvalue weighted by molar-refractivity contribution is -0.144. The van der Waals surface area contributed by atoms with Crippen molar-refractivity contribution in [2.45, 2.75) is 32.1 Å². The number of nitrogens with zero attached hydrogens (tertiary/aromatic N) is 2. The lowest BCUT2D eigenvalue weighted by atomic mass is 10.1. The average Bonchev–Trinajstić information content (AvgIpc) is 2.49. The summed E-state index contributed by atoms with van der Waals surface area (Å²) in [5.74, 6) is -0.821. The number of benzene rings is 1. The topological polar surface area (TPSA) is 43.8 Å². The number of piperazine rings is 1. The SMILES string of the molecule is CC[C@H](C(=O)O)N1CCN(Cc2cccc(C(F)(F)F)c2)CC1. The van der Waals surface area contributed by atoms with E-state index in [-0.39, 0.29) is 0 Å². The molecule has 1 atom stereocenters.